The first-order valence-corrected chi connectivity index (χ1v) is 8.70. The zero-order chi connectivity index (χ0) is 18.1. The van der Waals surface area contributed by atoms with Crippen LogP contribution in [0, 0.1) is 6.92 Å². The van der Waals surface area contributed by atoms with E-state index in [0.29, 0.717) is 16.8 Å². The van der Waals surface area contributed by atoms with Gasteiger partial charge >= 0.3 is 0 Å². The summed E-state index contributed by atoms with van der Waals surface area (Å²) in [5.74, 6) is 0.730. The van der Waals surface area contributed by atoms with Crippen LogP contribution in [0.1, 0.15) is 18.9 Å². The van der Waals surface area contributed by atoms with E-state index in [4.69, 9.17) is 4.52 Å². The number of pyridine rings is 1. The fourth-order valence-corrected chi connectivity index (χ4v) is 3.13. The number of benzene rings is 2. The van der Waals surface area contributed by atoms with Crippen LogP contribution in [-0.2, 0) is 6.54 Å². The van der Waals surface area contributed by atoms with E-state index in [-0.39, 0.29) is 11.3 Å². The van der Waals surface area contributed by atoms with Crippen LogP contribution in [-0.4, -0.2) is 14.7 Å². The van der Waals surface area contributed by atoms with Gasteiger partial charge < -0.3 is 9.09 Å². The molecule has 0 atom stereocenters. The number of hydrogen-bond acceptors (Lipinski definition) is 4. The zero-order valence-corrected chi connectivity index (χ0v) is 14.8. The van der Waals surface area contributed by atoms with Crippen molar-refractivity contribution < 1.29 is 4.52 Å². The average Bonchev–Trinajstić information content (AvgIpc) is 3.15. The van der Waals surface area contributed by atoms with Crippen molar-refractivity contribution in [1.29, 1.82) is 0 Å². The molecule has 0 amide bonds. The molecule has 0 spiro atoms. The Morgan fingerprint density at radius 3 is 2.69 bits per heavy atom. The molecule has 2 heterocycles. The molecule has 130 valence electrons. The third-order valence-corrected chi connectivity index (χ3v) is 4.39. The molecule has 0 fully saturated rings. The molecular weight excluding hydrogens is 326 g/mol. The molecule has 5 nitrogen and oxygen atoms in total. The molecule has 0 saturated heterocycles. The summed E-state index contributed by atoms with van der Waals surface area (Å²) in [4.78, 5) is 17.5. The molecule has 0 N–H and O–H groups in total. The monoisotopic (exact) mass is 345 g/mol. The van der Waals surface area contributed by atoms with Gasteiger partial charge in [0.25, 0.3) is 5.89 Å². The fourth-order valence-electron chi connectivity index (χ4n) is 3.13. The smallest absolute Gasteiger partial charge is 0.263 e. The molecule has 0 aliphatic rings. The number of aryl methyl sites for hydroxylation is 2. The van der Waals surface area contributed by atoms with E-state index in [0.717, 1.165) is 29.6 Å². The molecule has 0 radical (unpaired) electrons. The van der Waals surface area contributed by atoms with Crippen molar-refractivity contribution in [2.24, 2.45) is 0 Å². The van der Waals surface area contributed by atoms with Crippen LogP contribution in [0.3, 0.4) is 0 Å². The minimum Gasteiger partial charge on any atom is -0.346 e. The number of nitrogens with zero attached hydrogens (tertiary/aromatic N) is 3. The first-order chi connectivity index (χ1) is 12.7. The molecule has 0 bridgehead atoms. The SMILES string of the molecule is CCCn1cc(-c2nc(-c3ccccc3)no2)c(=O)c2cc(C)ccc21. The van der Waals surface area contributed by atoms with Crippen LogP contribution in [0.25, 0.3) is 33.7 Å². The van der Waals surface area contributed by atoms with Gasteiger partial charge in [-0.05, 0) is 25.5 Å². The Morgan fingerprint density at radius 2 is 1.92 bits per heavy atom. The van der Waals surface area contributed by atoms with Gasteiger partial charge in [-0.2, -0.15) is 4.98 Å². The van der Waals surface area contributed by atoms with Crippen molar-refractivity contribution in [3.63, 3.8) is 0 Å². The zero-order valence-electron chi connectivity index (χ0n) is 14.8. The maximum atomic E-state index is 13.0. The second-order valence-electron chi connectivity index (χ2n) is 6.38. The Bertz CT molecular complexity index is 1130. The van der Waals surface area contributed by atoms with Gasteiger partial charge in [-0.3, -0.25) is 4.79 Å². The number of hydrogen-bond donors (Lipinski definition) is 0. The minimum atomic E-state index is -0.0840. The predicted octanol–water partition coefficient (Wildman–Crippen LogP) is 4.44. The van der Waals surface area contributed by atoms with E-state index in [1.54, 1.807) is 0 Å². The highest BCUT2D eigenvalue weighted by atomic mass is 16.5. The van der Waals surface area contributed by atoms with Crippen LogP contribution < -0.4 is 5.43 Å². The Morgan fingerprint density at radius 1 is 1.12 bits per heavy atom. The van der Waals surface area contributed by atoms with Crippen molar-refractivity contribution >= 4 is 10.9 Å². The van der Waals surface area contributed by atoms with Crippen molar-refractivity contribution in [1.82, 2.24) is 14.7 Å². The largest absolute Gasteiger partial charge is 0.346 e. The molecule has 4 aromatic rings. The van der Waals surface area contributed by atoms with Crippen LogP contribution in [0.5, 0.6) is 0 Å². The van der Waals surface area contributed by atoms with Gasteiger partial charge in [-0.25, -0.2) is 0 Å². The molecule has 0 unspecified atom stereocenters. The summed E-state index contributed by atoms with van der Waals surface area (Å²) < 4.78 is 7.51. The summed E-state index contributed by atoms with van der Waals surface area (Å²) in [5.41, 5.74) is 3.18. The molecule has 0 aliphatic heterocycles. The Labute approximate surface area is 150 Å². The summed E-state index contributed by atoms with van der Waals surface area (Å²) in [6, 6.07) is 15.5. The van der Waals surface area contributed by atoms with Gasteiger partial charge in [-0.1, -0.05) is 54.0 Å². The first kappa shape index (κ1) is 16.3. The van der Waals surface area contributed by atoms with Gasteiger partial charge in [0.05, 0.1) is 5.52 Å². The predicted molar refractivity (Wildman–Crippen MR) is 102 cm³/mol. The Kier molecular flexibility index (Phi) is 4.13. The molecule has 4 rings (SSSR count). The summed E-state index contributed by atoms with van der Waals surface area (Å²) >= 11 is 0. The number of fused-ring (bicyclic) bond motifs is 1. The maximum Gasteiger partial charge on any atom is 0.263 e. The van der Waals surface area contributed by atoms with E-state index in [1.165, 1.54) is 0 Å². The molecule has 0 saturated carbocycles. The lowest BCUT2D eigenvalue weighted by atomic mass is 10.1. The summed E-state index contributed by atoms with van der Waals surface area (Å²) in [7, 11) is 0. The Balaban J connectivity index is 1.90. The van der Waals surface area contributed by atoms with Crippen molar-refractivity contribution in [2.75, 3.05) is 0 Å². The van der Waals surface area contributed by atoms with Crippen LogP contribution >= 0.6 is 0 Å². The topological polar surface area (TPSA) is 60.9 Å². The highest BCUT2D eigenvalue weighted by molar-refractivity contribution is 5.83. The van der Waals surface area contributed by atoms with Crippen LogP contribution in [0.2, 0.25) is 0 Å². The van der Waals surface area contributed by atoms with E-state index in [1.807, 2.05) is 61.7 Å². The van der Waals surface area contributed by atoms with E-state index in [2.05, 4.69) is 21.6 Å². The van der Waals surface area contributed by atoms with E-state index >= 15 is 0 Å². The molecule has 2 aromatic carbocycles. The third-order valence-electron chi connectivity index (χ3n) is 4.39. The normalized spacial score (nSPS) is 11.2. The molecule has 26 heavy (non-hydrogen) atoms. The molecular formula is C21H19N3O2. The lowest BCUT2D eigenvalue weighted by Crippen LogP contribution is -2.12. The van der Waals surface area contributed by atoms with Crippen molar-refractivity contribution in [2.45, 2.75) is 26.8 Å². The van der Waals surface area contributed by atoms with Crippen LogP contribution in [0.15, 0.2) is 64.0 Å². The Hall–Kier alpha value is -3.21. The average molecular weight is 345 g/mol. The number of rotatable bonds is 4. The summed E-state index contributed by atoms with van der Waals surface area (Å²) in [6.07, 6.45) is 2.79. The number of aromatic nitrogens is 3. The highest BCUT2D eigenvalue weighted by Gasteiger charge is 2.17. The van der Waals surface area contributed by atoms with Crippen molar-refractivity contribution in [3.05, 3.63) is 70.5 Å². The van der Waals surface area contributed by atoms with E-state index < -0.39 is 0 Å². The maximum absolute atomic E-state index is 13.0. The molecule has 5 heteroatoms. The second-order valence-corrected chi connectivity index (χ2v) is 6.38. The molecule has 0 aliphatic carbocycles. The quantitative estimate of drug-likeness (QED) is 0.549. The minimum absolute atomic E-state index is 0.0840. The summed E-state index contributed by atoms with van der Waals surface area (Å²) in [6.45, 7) is 4.90. The van der Waals surface area contributed by atoms with Gasteiger partial charge in [0, 0.05) is 23.7 Å². The van der Waals surface area contributed by atoms with Crippen LogP contribution in [0.4, 0.5) is 0 Å². The van der Waals surface area contributed by atoms with Gasteiger partial charge in [0.1, 0.15) is 5.56 Å². The first-order valence-electron chi connectivity index (χ1n) is 8.70. The molecule has 2 aromatic heterocycles. The van der Waals surface area contributed by atoms with Gasteiger partial charge in [-0.15, -0.1) is 0 Å². The second kappa shape index (κ2) is 6.59. The third kappa shape index (κ3) is 2.81. The van der Waals surface area contributed by atoms with Gasteiger partial charge in [0.15, 0.2) is 0 Å². The lowest BCUT2D eigenvalue weighted by Gasteiger charge is -2.11. The fraction of sp³-hybridized carbons (Fsp3) is 0.190. The van der Waals surface area contributed by atoms with Gasteiger partial charge in [0.2, 0.25) is 11.3 Å². The lowest BCUT2D eigenvalue weighted by molar-refractivity contribution is 0.431. The highest BCUT2D eigenvalue weighted by Crippen LogP contribution is 2.23. The summed E-state index contributed by atoms with van der Waals surface area (Å²) in [5, 5.41) is 4.72. The standard InChI is InChI=1S/C21H19N3O2/c1-3-11-24-13-17(19(25)16-12-14(2)9-10-18(16)24)21-22-20(23-26-21)15-7-5-4-6-8-15/h4-10,12-13H,3,11H2,1-2H3. The van der Waals surface area contributed by atoms with E-state index in [9.17, 15) is 4.79 Å². The van der Waals surface area contributed by atoms with Crippen molar-refractivity contribution in [3.8, 4) is 22.8 Å².